The van der Waals surface area contributed by atoms with Gasteiger partial charge in [-0.05, 0) is 7.05 Å². The maximum Gasteiger partial charge on any atom is 0.221 e. The lowest BCUT2D eigenvalue weighted by molar-refractivity contribution is -0.120. The van der Waals surface area contributed by atoms with Gasteiger partial charge in [-0.25, -0.2) is 0 Å². The van der Waals surface area contributed by atoms with Gasteiger partial charge in [-0.3, -0.25) is 9.59 Å². The molecule has 98 valence electrons. The lowest BCUT2D eigenvalue weighted by atomic mass is 10.1. The first-order valence-corrected chi connectivity index (χ1v) is 6.11. The smallest absolute Gasteiger partial charge is 0.221 e. The molecule has 18 heavy (non-hydrogen) atoms. The Kier molecular flexibility index (Phi) is 6.08. The Labute approximate surface area is 108 Å². The largest absolute Gasteiger partial charge is 0.359 e. The molecule has 0 atom stereocenters. The van der Waals surface area contributed by atoms with E-state index >= 15 is 0 Å². The fourth-order valence-corrected chi connectivity index (χ4v) is 1.59. The zero-order valence-corrected chi connectivity index (χ0v) is 11.0. The van der Waals surface area contributed by atoms with Crippen molar-refractivity contribution in [3.8, 4) is 0 Å². The van der Waals surface area contributed by atoms with Gasteiger partial charge in [0.15, 0.2) is 5.78 Å². The average molecular weight is 248 g/mol. The first-order valence-electron chi connectivity index (χ1n) is 6.11. The van der Waals surface area contributed by atoms with Crippen LogP contribution >= 0.6 is 0 Å². The molecule has 1 aromatic rings. The van der Waals surface area contributed by atoms with Crippen LogP contribution in [0.15, 0.2) is 30.3 Å². The van der Waals surface area contributed by atoms with E-state index in [-0.39, 0.29) is 11.7 Å². The summed E-state index contributed by atoms with van der Waals surface area (Å²) >= 11 is 0. The molecule has 0 radical (unpaired) electrons. The summed E-state index contributed by atoms with van der Waals surface area (Å²) in [5.41, 5.74) is 0.747. The second kappa shape index (κ2) is 7.61. The Balaban J connectivity index is 2.28. The van der Waals surface area contributed by atoms with Crippen molar-refractivity contribution in [1.29, 1.82) is 0 Å². The third-order valence-corrected chi connectivity index (χ3v) is 2.82. The first-order chi connectivity index (χ1) is 8.63. The summed E-state index contributed by atoms with van der Waals surface area (Å²) in [6.07, 6.45) is 0.945. The number of hydrogen-bond donors (Lipinski definition) is 1. The van der Waals surface area contributed by atoms with Crippen molar-refractivity contribution in [2.24, 2.45) is 0 Å². The fraction of sp³-hybridized carbons (Fsp3) is 0.429. The van der Waals surface area contributed by atoms with Crippen LogP contribution in [0.2, 0.25) is 0 Å². The Hall–Kier alpha value is -1.68. The number of hydrogen-bond acceptors (Lipinski definition) is 3. The lowest BCUT2D eigenvalue weighted by Gasteiger charge is -2.15. The van der Waals surface area contributed by atoms with Crippen molar-refractivity contribution in [2.45, 2.75) is 12.8 Å². The second-order valence-corrected chi connectivity index (χ2v) is 4.27. The molecule has 1 aromatic carbocycles. The van der Waals surface area contributed by atoms with Crippen molar-refractivity contribution in [2.75, 3.05) is 27.2 Å². The number of benzene rings is 1. The summed E-state index contributed by atoms with van der Waals surface area (Å²) in [7, 11) is 3.54. The molecule has 0 aliphatic rings. The van der Waals surface area contributed by atoms with Crippen molar-refractivity contribution >= 4 is 11.7 Å². The van der Waals surface area contributed by atoms with Gasteiger partial charge >= 0.3 is 0 Å². The van der Waals surface area contributed by atoms with E-state index in [1.165, 1.54) is 0 Å². The van der Waals surface area contributed by atoms with Crippen LogP contribution in [-0.4, -0.2) is 43.8 Å². The van der Waals surface area contributed by atoms with Crippen molar-refractivity contribution < 1.29 is 9.59 Å². The molecule has 0 heterocycles. The number of nitrogens with zero attached hydrogens (tertiary/aromatic N) is 1. The standard InChI is InChI=1S/C14H20N2O2/c1-15-14(18)9-11-16(2)10-8-13(17)12-6-4-3-5-7-12/h3-7H,8-11H2,1-2H3,(H,15,18). The van der Waals surface area contributed by atoms with Crippen LogP contribution < -0.4 is 5.32 Å². The third-order valence-electron chi connectivity index (χ3n) is 2.82. The summed E-state index contributed by atoms with van der Waals surface area (Å²) in [6, 6.07) is 9.27. The maximum atomic E-state index is 11.8. The number of ketones is 1. The third kappa shape index (κ3) is 5.10. The number of amides is 1. The minimum absolute atomic E-state index is 0.0243. The van der Waals surface area contributed by atoms with Crippen LogP contribution in [-0.2, 0) is 4.79 Å². The highest BCUT2D eigenvalue weighted by molar-refractivity contribution is 5.96. The molecule has 1 amide bonds. The van der Waals surface area contributed by atoms with Crippen LogP contribution in [0.1, 0.15) is 23.2 Å². The normalized spacial score (nSPS) is 10.4. The van der Waals surface area contributed by atoms with Crippen LogP contribution in [0.25, 0.3) is 0 Å². The number of Topliss-reactive ketones (excluding diaryl/α,β-unsaturated/α-hetero) is 1. The molecule has 0 saturated heterocycles. The number of carbonyl (C=O) groups is 2. The van der Waals surface area contributed by atoms with E-state index < -0.39 is 0 Å². The summed E-state index contributed by atoms with van der Waals surface area (Å²) in [5.74, 6) is 0.165. The van der Waals surface area contributed by atoms with Gasteiger partial charge in [0.1, 0.15) is 0 Å². The summed E-state index contributed by atoms with van der Waals surface area (Å²) in [4.78, 5) is 24.9. The Morgan fingerprint density at radius 3 is 2.33 bits per heavy atom. The van der Waals surface area contributed by atoms with Gasteiger partial charge in [0, 0.05) is 38.5 Å². The molecule has 0 spiro atoms. The zero-order valence-electron chi connectivity index (χ0n) is 11.0. The number of nitrogens with one attached hydrogen (secondary N) is 1. The predicted molar refractivity (Wildman–Crippen MR) is 71.6 cm³/mol. The van der Waals surface area contributed by atoms with Crippen molar-refractivity contribution in [1.82, 2.24) is 10.2 Å². The van der Waals surface area contributed by atoms with Gasteiger partial charge in [0.2, 0.25) is 5.91 Å². The minimum Gasteiger partial charge on any atom is -0.359 e. The molecule has 0 aromatic heterocycles. The molecule has 1 rings (SSSR count). The van der Waals surface area contributed by atoms with E-state index in [4.69, 9.17) is 0 Å². The van der Waals surface area contributed by atoms with E-state index in [0.29, 0.717) is 25.9 Å². The van der Waals surface area contributed by atoms with Crippen molar-refractivity contribution in [3.63, 3.8) is 0 Å². The second-order valence-electron chi connectivity index (χ2n) is 4.27. The average Bonchev–Trinajstić information content (AvgIpc) is 2.42. The molecule has 1 N–H and O–H groups in total. The van der Waals surface area contributed by atoms with Gasteiger partial charge in [0.25, 0.3) is 0 Å². The minimum atomic E-state index is 0.0243. The summed E-state index contributed by atoms with van der Waals surface area (Å²) < 4.78 is 0. The molecule has 0 bridgehead atoms. The number of rotatable bonds is 7. The summed E-state index contributed by atoms with van der Waals surface area (Å²) in [6.45, 7) is 1.34. The van der Waals surface area contributed by atoms with Gasteiger partial charge in [0.05, 0.1) is 0 Å². The summed E-state index contributed by atoms with van der Waals surface area (Å²) in [5, 5.41) is 2.58. The first kappa shape index (κ1) is 14.4. The Morgan fingerprint density at radius 1 is 1.11 bits per heavy atom. The van der Waals surface area contributed by atoms with Crippen LogP contribution in [0.3, 0.4) is 0 Å². The molecule has 0 saturated carbocycles. The fourth-order valence-electron chi connectivity index (χ4n) is 1.59. The molecule has 0 aliphatic carbocycles. The van der Waals surface area contributed by atoms with Gasteiger partial charge in [-0.1, -0.05) is 30.3 Å². The van der Waals surface area contributed by atoms with E-state index in [2.05, 4.69) is 5.32 Å². The Morgan fingerprint density at radius 2 is 1.72 bits per heavy atom. The number of carbonyl (C=O) groups excluding carboxylic acids is 2. The molecular formula is C14H20N2O2. The lowest BCUT2D eigenvalue weighted by Crippen LogP contribution is -2.28. The van der Waals surface area contributed by atoms with E-state index in [9.17, 15) is 9.59 Å². The topological polar surface area (TPSA) is 49.4 Å². The van der Waals surface area contributed by atoms with Crippen LogP contribution in [0, 0.1) is 0 Å². The van der Waals surface area contributed by atoms with Gasteiger partial charge in [-0.15, -0.1) is 0 Å². The SMILES string of the molecule is CNC(=O)CCN(C)CCC(=O)c1ccccc1. The predicted octanol–water partition coefficient (Wildman–Crippen LogP) is 1.33. The van der Waals surface area contributed by atoms with E-state index in [0.717, 1.165) is 5.56 Å². The Bertz CT molecular complexity index is 390. The molecule has 4 nitrogen and oxygen atoms in total. The highest BCUT2D eigenvalue weighted by Crippen LogP contribution is 2.03. The molecular weight excluding hydrogens is 228 g/mol. The molecule has 0 aliphatic heterocycles. The molecule has 0 fully saturated rings. The van der Waals surface area contributed by atoms with Gasteiger partial charge in [-0.2, -0.15) is 0 Å². The van der Waals surface area contributed by atoms with Crippen LogP contribution in [0.5, 0.6) is 0 Å². The monoisotopic (exact) mass is 248 g/mol. The van der Waals surface area contributed by atoms with Crippen molar-refractivity contribution in [3.05, 3.63) is 35.9 Å². The quantitative estimate of drug-likeness (QED) is 0.741. The zero-order chi connectivity index (χ0) is 13.4. The van der Waals surface area contributed by atoms with E-state index in [1.54, 1.807) is 7.05 Å². The van der Waals surface area contributed by atoms with Gasteiger partial charge < -0.3 is 10.2 Å². The maximum absolute atomic E-state index is 11.8. The molecule has 0 unspecified atom stereocenters. The molecule has 4 heteroatoms. The highest BCUT2D eigenvalue weighted by Gasteiger charge is 2.07. The van der Waals surface area contributed by atoms with Crippen LogP contribution in [0.4, 0.5) is 0 Å². The highest BCUT2D eigenvalue weighted by atomic mass is 16.1. The van der Waals surface area contributed by atoms with E-state index in [1.807, 2.05) is 42.3 Å².